The summed E-state index contributed by atoms with van der Waals surface area (Å²) in [6, 6.07) is -0.650. The van der Waals surface area contributed by atoms with Crippen molar-refractivity contribution in [2.24, 2.45) is 5.92 Å². The maximum Gasteiger partial charge on any atom is 0.326 e. The molecule has 2 fully saturated rings. The Morgan fingerprint density at radius 2 is 2.15 bits per heavy atom. The minimum Gasteiger partial charge on any atom is -0.480 e. The second-order valence-electron chi connectivity index (χ2n) is 5.59. The third-order valence-corrected chi connectivity index (χ3v) is 4.13. The van der Waals surface area contributed by atoms with Gasteiger partial charge in [-0.15, -0.1) is 0 Å². The van der Waals surface area contributed by atoms with Crippen LogP contribution in [0.25, 0.3) is 0 Å². The number of aliphatic carboxylic acids is 1. The molecule has 0 saturated carbocycles. The molecule has 0 aromatic heterocycles. The number of ether oxygens (including phenoxy) is 1. The van der Waals surface area contributed by atoms with E-state index in [2.05, 4.69) is 12.2 Å². The van der Waals surface area contributed by atoms with Crippen molar-refractivity contribution >= 4 is 11.9 Å². The summed E-state index contributed by atoms with van der Waals surface area (Å²) in [4.78, 5) is 25.5. The van der Waals surface area contributed by atoms with Crippen molar-refractivity contribution in [3.63, 3.8) is 0 Å². The third-order valence-electron chi connectivity index (χ3n) is 4.13. The molecular weight excluding hydrogens is 260 g/mol. The Morgan fingerprint density at radius 3 is 2.85 bits per heavy atom. The van der Waals surface area contributed by atoms with E-state index in [4.69, 9.17) is 4.74 Å². The number of amides is 1. The zero-order chi connectivity index (χ0) is 14.5. The summed E-state index contributed by atoms with van der Waals surface area (Å²) in [7, 11) is 0. The van der Waals surface area contributed by atoms with Gasteiger partial charge in [0.1, 0.15) is 6.04 Å². The van der Waals surface area contributed by atoms with Crippen LogP contribution in [0.3, 0.4) is 0 Å². The molecule has 2 unspecified atom stereocenters. The molecule has 2 heterocycles. The lowest BCUT2D eigenvalue weighted by Gasteiger charge is -2.35. The summed E-state index contributed by atoms with van der Waals surface area (Å²) < 4.78 is 5.42. The molecule has 6 nitrogen and oxygen atoms in total. The Balaban J connectivity index is 2.02. The highest BCUT2D eigenvalue weighted by molar-refractivity contribution is 5.86. The Morgan fingerprint density at radius 1 is 1.35 bits per heavy atom. The van der Waals surface area contributed by atoms with Crippen molar-refractivity contribution in [3.8, 4) is 0 Å². The van der Waals surface area contributed by atoms with Gasteiger partial charge in [0.05, 0.1) is 19.1 Å². The number of hydrogen-bond acceptors (Lipinski definition) is 4. The number of carboxylic acid groups (broad SMARTS) is 1. The van der Waals surface area contributed by atoms with E-state index in [9.17, 15) is 14.7 Å². The molecule has 0 spiro atoms. The number of nitrogens with zero attached hydrogens (tertiary/aromatic N) is 1. The first-order valence-corrected chi connectivity index (χ1v) is 7.49. The van der Waals surface area contributed by atoms with Gasteiger partial charge >= 0.3 is 5.97 Å². The Hall–Kier alpha value is -1.14. The second-order valence-corrected chi connectivity index (χ2v) is 5.59. The molecule has 0 radical (unpaired) electrons. The zero-order valence-corrected chi connectivity index (χ0v) is 12.0. The SMILES string of the molecule is CCCNC1COCC1C(=O)N1CCCC[C@@H]1C(=O)O. The first kappa shape index (κ1) is 15.3. The predicted molar refractivity (Wildman–Crippen MR) is 73.4 cm³/mol. The zero-order valence-electron chi connectivity index (χ0n) is 12.0. The highest BCUT2D eigenvalue weighted by atomic mass is 16.5. The van der Waals surface area contributed by atoms with Gasteiger partial charge < -0.3 is 20.1 Å². The van der Waals surface area contributed by atoms with Gasteiger partial charge in [-0.1, -0.05) is 6.92 Å². The highest BCUT2D eigenvalue weighted by Gasteiger charge is 2.40. The van der Waals surface area contributed by atoms with E-state index in [1.165, 1.54) is 0 Å². The number of carbonyl (C=O) groups excluding carboxylic acids is 1. The molecule has 1 amide bonds. The predicted octanol–water partition coefficient (Wildman–Crippen LogP) is 0.467. The lowest BCUT2D eigenvalue weighted by atomic mass is 9.96. The molecule has 3 atom stereocenters. The minimum atomic E-state index is -0.893. The molecular formula is C14H24N2O4. The fourth-order valence-corrected chi connectivity index (χ4v) is 2.99. The molecule has 0 aliphatic carbocycles. The third kappa shape index (κ3) is 3.30. The fourth-order valence-electron chi connectivity index (χ4n) is 2.99. The highest BCUT2D eigenvalue weighted by Crippen LogP contribution is 2.23. The Labute approximate surface area is 119 Å². The second kappa shape index (κ2) is 7.04. The normalized spacial score (nSPS) is 30.4. The topological polar surface area (TPSA) is 78.9 Å². The fraction of sp³-hybridized carbons (Fsp3) is 0.857. The van der Waals surface area contributed by atoms with Crippen molar-refractivity contribution in [1.82, 2.24) is 10.2 Å². The molecule has 2 aliphatic rings. The van der Waals surface area contributed by atoms with Crippen molar-refractivity contribution in [1.29, 1.82) is 0 Å². The summed E-state index contributed by atoms with van der Waals surface area (Å²) in [5.74, 6) is -1.21. The van der Waals surface area contributed by atoms with Crippen LogP contribution in [0, 0.1) is 5.92 Å². The Kier molecular flexibility index (Phi) is 5.37. The van der Waals surface area contributed by atoms with Crippen LogP contribution in [-0.2, 0) is 14.3 Å². The summed E-state index contributed by atoms with van der Waals surface area (Å²) in [6.07, 6.45) is 3.32. The smallest absolute Gasteiger partial charge is 0.326 e. The van der Waals surface area contributed by atoms with Crippen LogP contribution in [-0.4, -0.2) is 60.3 Å². The van der Waals surface area contributed by atoms with Gasteiger partial charge in [0.2, 0.25) is 5.91 Å². The average Bonchev–Trinajstić information content (AvgIpc) is 2.92. The number of carboxylic acids is 1. The summed E-state index contributed by atoms with van der Waals surface area (Å²) in [5, 5.41) is 12.6. The van der Waals surface area contributed by atoms with Crippen LogP contribution in [0.15, 0.2) is 0 Å². The summed E-state index contributed by atoms with van der Waals surface area (Å²) >= 11 is 0. The van der Waals surface area contributed by atoms with Gasteiger partial charge in [-0.05, 0) is 32.2 Å². The monoisotopic (exact) mass is 284 g/mol. The number of rotatable bonds is 5. The number of carbonyl (C=O) groups is 2. The molecule has 6 heteroatoms. The standard InChI is InChI=1S/C14H24N2O4/c1-2-6-15-11-9-20-8-10(11)13(17)16-7-4-3-5-12(16)14(18)19/h10-12,15H,2-9H2,1H3,(H,18,19)/t10?,11?,12-/m1/s1. The van der Waals surface area contributed by atoms with E-state index < -0.39 is 12.0 Å². The van der Waals surface area contributed by atoms with E-state index in [0.29, 0.717) is 26.2 Å². The van der Waals surface area contributed by atoms with Crippen LogP contribution < -0.4 is 5.32 Å². The van der Waals surface area contributed by atoms with E-state index in [0.717, 1.165) is 25.8 Å². The lowest BCUT2D eigenvalue weighted by molar-refractivity contribution is -0.154. The van der Waals surface area contributed by atoms with Gasteiger partial charge in [0.25, 0.3) is 0 Å². The molecule has 0 bridgehead atoms. The van der Waals surface area contributed by atoms with Crippen molar-refractivity contribution < 1.29 is 19.4 Å². The first-order chi connectivity index (χ1) is 9.65. The molecule has 0 aromatic carbocycles. The molecule has 114 valence electrons. The maximum absolute atomic E-state index is 12.6. The van der Waals surface area contributed by atoms with E-state index >= 15 is 0 Å². The molecule has 2 aliphatic heterocycles. The van der Waals surface area contributed by atoms with Crippen LogP contribution >= 0.6 is 0 Å². The van der Waals surface area contributed by atoms with Crippen molar-refractivity contribution in [3.05, 3.63) is 0 Å². The Bertz CT molecular complexity index is 361. The summed E-state index contributed by atoms with van der Waals surface area (Å²) in [5.41, 5.74) is 0. The minimum absolute atomic E-state index is 0.0128. The maximum atomic E-state index is 12.6. The average molecular weight is 284 g/mol. The molecule has 2 N–H and O–H groups in total. The molecule has 2 rings (SSSR count). The van der Waals surface area contributed by atoms with Gasteiger partial charge in [-0.2, -0.15) is 0 Å². The van der Waals surface area contributed by atoms with Gasteiger partial charge in [0, 0.05) is 12.6 Å². The lowest BCUT2D eigenvalue weighted by Crippen LogP contribution is -2.53. The molecule has 20 heavy (non-hydrogen) atoms. The quantitative estimate of drug-likeness (QED) is 0.767. The number of piperidine rings is 1. The number of nitrogens with one attached hydrogen (secondary N) is 1. The van der Waals surface area contributed by atoms with Crippen LogP contribution in [0.2, 0.25) is 0 Å². The first-order valence-electron chi connectivity index (χ1n) is 7.49. The van der Waals surface area contributed by atoms with Crippen molar-refractivity contribution in [2.45, 2.75) is 44.7 Å². The van der Waals surface area contributed by atoms with Gasteiger partial charge in [0.15, 0.2) is 0 Å². The molecule has 2 saturated heterocycles. The number of likely N-dealkylation sites (tertiary alicyclic amines) is 1. The van der Waals surface area contributed by atoms with Crippen LogP contribution in [0.5, 0.6) is 0 Å². The summed E-state index contributed by atoms with van der Waals surface area (Å²) in [6.45, 7) is 4.39. The van der Waals surface area contributed by atoms with Crippen LogP contribution in [0.1, 0.15) is 32.6 Å². The molecule has 0 aromatic rings. The van der Waals surface area contributed by atoms with E-state index in [1.54, 1.807) is 4.90 Å². The largest absolute Gasteiger partial charge is 0.480 e. The van der Waals surface area contributed by atoms with Gasteiger partial charge in [-0.3, -0.25) is 4.79 Å². The van der Waals surface area contributed by atoms with Gasteiger partial charge in [-0.25, -0.2) is 4.79 Å². The van der Waals surface area contributed by atoms with E-state index in [1.807, 2.05) is 0 Å². The van der Waals surface area contributed by atoms with Crippen molar-refractivity contribution in [2.75, 3.05) is 26.3 Å². The van der Waals surface area contributed by atoms with E-state index in [-0.39, 0.29) is 17.9 Å². The van der Waals surface area contributed by atoms with Crippen LogP contribution in [0.4, 0.5) is 0 Å². The number of hydrogen-bond donors (Lipinski definition) is 2.